The minimum Gasteiger partial charge on any atom is -0.373 e. The minimum absolute atomic E-state index is 0.0897. The predicted octanol–water partition coefficient (Wildman–Crippen LogP) is 2.92. The third-order valence-electron chi connectivity index (χ3n) is 3.98. The highest BCUT2D eigenvalue weighted by Gasteiger charge is 2.23. The van der Waals surface area contributed by atoms with E-state index in [1.807, 2.05) is 19.9 Å². The van der Waals surface area contributed by atoms with E-state index in [-0.39, 0.29) is 23.9 Å². The summed E-state index contributed by atoms with van der Waals surface area (Å²) in [5, 5.41) is 3.38. The van der Waals surface area contributed by atoms with Crippen LogP contribution in [0.3, 0.4) is 0 Å². The van der Waals surface area contributed by atoms with Crippen LogP contribution >= 0.6 is 11.3 Å². The highest BCUT2D eigenvalue weighted by atomic mass is 32.1. The molecule has 7 heteroatoms. The second-order valence-corrected chi connectivity index (χ2v) is 7.51. The molecule has 1 amide bonds. The van der Waals surface area contributed by atoms with Gasteiger partial charge >= 0.3 is 0 Å². The third kappa shape index (κ3) is 5.07. The van der Waals surface area contributed by atoms with Gasteiger partial charge in [-0.2, -0.15) is 0 Å². The van der Waals surface area contributed by atoms with E-state index in [0.717, 1.165) is 18.0 Å². The molecule has 25 heavy (non-hydrogen) atoms. The van der Waals surface area contributed by atoms with E-state index < -0.39 is 0 Å². The fourth-order valence-corrected chi connectivity index (χ4v) is 3.90. The number of anilines is 1. The first kappa shape index (κ1) is 18.0. The van der Waals surface area contributed by atoms with Crippen molar-refractivity contribution in [2.45, 2.75) is 32.5 Å². The Morgan fingerprint density at radius 2 is 2.08 bits per heavy atom. The lowest BCUT2D eigenvalue weighted by Crippen LogP contribution is -2.48. The van der Waals surface area contributed by atoms with Gasteiger partial charge in [0.15, 0.2) is 5.13 Å². The van der Waals surface area contributed by atoms with Gasteiger partial charge in [-0.1, -0.05) is 18.2 Å². The summed E-state index contributed by atoms with van der Waals surface area (Å²) >= 11 is 1.37. The number of halogens is 1. The van der Waals surface area contributed by atoms with Crippen LogP contribution < -0.4 is 5.32 Å². The van der Waals surface area contributed by atoms with E-state index in [1.165, 1.54) is 17.4 Å². The molecule has 0 saturated carbocycles. The van der Waals surface area contributed by atoms with Gasteiger partial charge in [0, 0.05) is 30.6 Å². The highest BCUT2D eigenvalue weighted by Crippen LogP contribution is 2.22. The molecule has 3 rings (SSSR count). The Balaban J connectivity index is 1.54. The molecule has 1 fully saturated rings. The van der Waals surface area contributed by atoms with Crippen LogP contribution in [0.5, 0.6) is 0 Å². The van der Waals surface area contributed by atoms with Crippen molar-refractivity contribution in [2.24, 2.45) is 0 Å². The summed E-state index contributed by atoms with van der Waals surface area (Å²) in [6, 6.07) is 6.69. The average Bonchev–Trinajstić information content (AvgIpc) is 2.95. The summed E-state index contributed by atoms with van der Waals surface area (Å²) in [6.07, 6.45) is 2.41. The van der Waals surface area contributed by atoms with Gasteiger partial charge < -0.3 is 10.1 Å². The molecule has 1 aliphatic rings. The molecule has 2 aromatic rings. The van der Waals surface area contributed by atoms with E-state index in [9.17, 15) is 9.18 Å². The second kappa shape index (κ2) is 8.03. The van der Waals surface area contributed by atoms with Crippen molar-refractivity contribution >= 4 is 22.4 Å². The Bertz CT molecular complexity index is 727. The van der Waals surface area contributed by atoms with Gasteiger partial charge in [-0.05, 0) is 25.5 Å². The number of benzene rings is 1. The van der Waals surface area contributed by atoms with Gasteiger partial charge in [0.05, 0.1) is 18.8 Å². The monoisotopic (exact) mass is 363 g/mol. The normalized spacial score (nSPS) is 21.2. The first-order valence-electron chi connectivity index (χ1n) is 8.35. The van der Waals surface area contributed by atoms with E-state index in [2.05, 4.69) is 15.2 Å². The molecule has 1 saturated heterocycles. The molecule has 0 bridgehead atoms. The van der Waals surface area contributed by atoms with Gasteiger partial charge in [-0.15, -0.1) is 11.3 Å². The SMILES string of the molecule is C[C@@H]1CN(CC(=O)Nc2ncc(Cc3ccccc3F)s2)C[C@H](C)O1. The number of morpholine rings is 1. The van der Waals surface area contributed by atoms with Crippen molar-refractivity contribution in [1.82, 2.24) is 9.88 Å². The van der Waals surface area contributed by atoms with Crippen molar-refractivity contribution in [3.63, 3.8) is 0 Å². The van der Waals surface area contributed by atoms with Crippen LogP contribution in [-0.4, -0.2) is 47.6 Å². The van der Waals surface area contributed by atoms with Crippen molar-refractivity contribution in [3.05, 3.63) is 46.7 Å². The molecule has 0 unspecified atom stereocenters. The number of carbonyl (C=O) groups is 1. The number of ether oxygens (including phenoxy) is 1. The van der Waals surface area contributed by atoms with Crippen LogP contribution in [0.25, 0.3) is 0 Å². The van der Waals surface area contributed by atoms with Crippen LogP contribution in [-0.2, 0) is 16.0 Å². The number of amides is 1. The fraction of sp³-hybridized carbons (Fsp3) is 0.444. The van der Waals surface area contributed by atoms with Crippen LogP contribution in [0.1, 0.15) is 24.3 Å². The Kier molecular flexibility index (Phi) is 5.78. The molecule has 1 aromatic carbocycles. The van der Waals surface area contributed by atoms with Gasteiger partial charge in [0.1, 0.15) is 5.82 Å². The smallest absolute Gasteiger partial charge is 0.240 e. The molecule has 2 heterocycles. The highest BCUT2D eigenvalue weighted by molar-refractivity contribution is 7.15. The van der Waals surface area contributed by atoms with Gasteiger partial charge in [-0.25, -0.2) is 9.37 Å². The van der Waals surface area contributed by atoms with Crippen molar-refractivity contribution < 1.29 is 13.9 Å². The van der Waals surface area contributed by atoms with Crippen LogP contribution in [0.15, 0.2) is 30.5 Å². The molecule has 0 spiro atoms. The Labute approximate surface area is 150 Å². The lowest BCUT2D eigenvalue weighted by Gasteiger charge is -2.34. The maximum atomic E-state index is 13.7. The fourth-order valence-electron chi connectivity index (χ4n) is 3.05. The van der Waals surface area contributed by atoms with Gasteiger partial charge in [-0.3, -0.25) is 9.69 Å². The number of hydrogen-bond donors (Lipinski definition) is 1. The molecular formula is C18H22FN3O2S. The molecule has 0 radical (unpaired) electrons. The zero-order chi connectivity index (χ0) is 17.8. The molecule has 1 aliphatic heterocycles. The molecule has 5 nitrogen and oxygen atoms in total. The standard InChI is InChI=1S/C18H22FN3O2S/c1-12-9-22(10-13(2)24-12)11-17(23)21-18-20-8-15(25-18)7-14-5-3-4-6-16(14)19/h3-6,8,12-13H,7,9-11H2,1-2H3,(H,20,21,23)/t12-,13+. The van der Waals surface area contributed by atoms with Crippen molar-refractivity contribution in [2.75, 3.05) is 25.0 Å². The predicted molar refractivity (Wildman–Crippen MR) is 96.4 cm³/mol. The molecule has 1 N–H and O–H groups in total. The molecule has 134 valence electrons. The first-order chi connectivity index (χ1) is 12.0. The number of hydrogen-bond acceptors (Lipinski definition) is 5. The lowest BCUT2D eigenvalue weighted by molar-refractivity contribution is -0.121. The van der Waals surface area contributed by atoms with E-state index >= 15 is 0 Å². The van der Waals surface area contributed by atoms with Crippen LogP contribution in [0.2, 0.25) is 0 Å². The second-order valence-electron chi connectivity index (χ2n) is 6.40. The summed E-state index contributed by atoms with van der Waals surface area (Å²) in [5.74, 6) is -0.315. The summed E-state index contributed by atoms with van der Waals surface area (Å²) < 4.78 is 19.4. The van der Waals surface area contributed by atoms with E-state index in [4.69, 9.17) is 4.74 Å². The Hall–Kier alpha value is -1.83. The number of nitrogens with one attached hydrogen (secondary N) is 1. The first-order valence-corrected chi connectivity index (χ1v) is 9.17. The largest absolute Gasteiger partial charge is 0.373 e. The number of aromatic nitrogens is 1. The number of nitrogens with zero attached hydrogens (tertiary/aromatic N) is 2. The maximum absolute atomic E-state index is 13.7. The van der Waals surface area contributed by atoms with Crippen LogP contribution in [0, 0.1) is 5.82 Å². The quantitative estimate of drug-likeness (QED) is 0.887. The topological polar surface area (TPSA) is 54.5 Å². The maximum Gasteiger partial charge on any atom is 0.240 e. The van der Waals surface area contributed by atoms with E-state index in [0.29, 0.717) is 23.7 Å². The van der Waals surface area contributed by atoms with Crippen molar-refractivity contribution in [3.8, 4) is 0 Å². The summed E-state index contributed by atoms with van der Waals surface area (Å²) in [5.41, 5.74) is 0.625. The summed E-state index contributed by atoms with van der Waals surface area (Å²) in [7, 11) is 0. The third-order valence-corrected chi connectivity index (χ3v) is 4.90. The number of carbonyl (C=O) groups excluding carboxylic acids is 1. The summed E-state index contributed by atoms with van der Waals surface area (Å²) in [6.45, 7) is 5.83. The Morgan fingerprint density at radius 3 is 2.80 bits per heavy atom. The molecular weight excluding hydrogens is 341 g/mol. The van der Waals surface area contributed by atoms with Gasteiger partial charge in [0.2, 0.25) is 5.91 Å². The zero-order valence-electron chi connectivity index (χ0n) is 14.4. The van der Waals surface area contributed by atoms with Crippen molar-refractivity contribution in [1.29, 1.82) is 0 Å². The number of rotatable bonds is 5. The zero-order valence-corrected chi connectivity index (χ0v) is 15.2. The number of thiazole rings is 1. The minimum atomic E-state index is -0.225. The average molecular weight is 363 g/mol. The molecule has 0 aliphatic carbocycles. The Morgan fingerprint density at radius 1 is 1.36 bits per heavy atom. The van der Waals surface area contributed by atoms with Crippen LogP contribution in [0.4, 0.5) is 9.52 Å². The summed E-state index contributed by atoms with van der Waals surface area (Å²) in [4.78, 5) is 19.5. The molecule has 2 atom stereocenters. The molecule has 1 aromatic heterocycles. The van der Waals surface area contributed by atoms with Gasteiger partial charge in [0.25, 0.3) is 0 Å². The lowest BCUT2D eigenvalue weighted by atomic mass is 10.1. The van der Waals surface area contributed by atoms with E-state index in [1.54, 1.807) is 18.3 Å².